The minimum absolute atomic E-state index is 0.256. The molecule has 1 heteroatoms. The Bertz CT molecular complexity index is 267. The second-order valence-electron chi connectivity index (χ2n) is 4.05. The van der Waals surface area contributed by atoms with Gasteiger partial charge in [-0.3, -0.25) is 0 Å². The Morgan fingerprint density at radius 2 is 1.43 bits per heavy atom. The predicted molar refractivity (Wildman–Crippen MR) is 62.6 cm³/mol. The summed E-state index contributed by atoms with van der Waals surface area (Å²) < 4.78 is 0. The minimum Gasteiger partial charge on any atom is -0.328 e. The topological polar surface area (TPSA) is 26.0 Å². The van der Waals surface area contributed by atoms with E-state index in [4.69, 9.17) is 5.73 Å². The van der Waals surface area contributed by atoms with Crippen molar-refractivity contribution >= 4 is 0 Å². The largest absolute Gasteiger partial charge is 0.328 e. The molecule has 2 N–H and O–H groups in total. The number of aryl methyl sites for hydroxylation is 2. The Morgan fingerprint density at radius 1 is 1.00 bits per heavy atom. The second-order valence-corrected chi connectivity index (χ2v) is 4.05. The molecule has 0 radical (unpaired) electrons. The number of benzene rings is 1. The standard InChI is InChI=1S/C13H21N/c1-4-11-7-12(5-2)9-13(8-11)6-10(3)14/h7-10H,4-6,14H2,1-3H3/t10-/m1/s1. The number of hydrogen-bond donors (Lipinski definition) is 1. The summed E-state index contributed by atoms with van der Waals surface area (Å²) in [6, 6.07) is 7.11. The van der Waals surface area contributed by atoms with Crippen LogP contribution in [0.25, 0.3) is 0 Å². The smallest absolute Gasteiger partial charge is 0.00509 e. The van der Waals surface area contributed by atoms with Crippen molar-refractivity contribution in [2.45, 2.75) is 46.1 Å². The van der Waals surface area contributed by atoms with E-state index in [1.54, 1.807) is 0 Å². The van der Waals surface area contributed by atoms with Crippen molar-refractivity contribution in [3.8, 4) is 0 Å². The van der Waals surface area contributed by atoms with Crippen molar-refractivity contribution < 1.29 is 0 Å². The molecule has 1 atom stereocenters. The first kappa shape index (κ1) is 11.3. The summed E-state index contributed by atoms with van der Waals surface area (Å²) in [5, 5.41) is 0. The summed E-state index contributed by atoms with van der Waals surface area (Å²) in [5.74, 6) is 0. The van der Waals surface area contributed by atoms with Gasteiger partial charge in [0, 0.05) is 6.04 Å². The van der Waals surface area contributed by atoms with Crippen LogP contribution in [0, 0.1) is 0 Å². The molecule has 0 aliphatic carbocycles. The molecule has 0 aromatic heterocycles. The maximum Gasteiger partial charge on any atom is 0.00509 e. The molecule has 0 spiro atoms. The summed E-state index contributed by atoms with van der Waals surface area (Å²) in [6.45, 7) is 6.46. The molecule has 0 saturated heterocycles. The van der Waals surface area contributed by atoms with E-state index < -0.39 is 0 Å². The molecule has 0 saturated carbocycles. The summed E-state index contributed by atoms with van der Waals surface area (Å²) in [5.41, 5.74) is 10.1. The van der Waals surface area contributed by atoms with E-state index in [0.717, 1.165) is 19.3 Å². The van der Waals surface area contributed by atoms with Crippen LogP contribution in [0.4, 0.5) is 0 Å². The van der Waals surface area contributed by atoms with Crippen LogP contribution >= 0.6 is 0 Å². The first-order chi connectivity index (χ1) is 6.65. The normalized spacial score (nSPS) is 12.9. The minimum atomic E-state index is 0.256. The van der Waals surface area contributed by atoms with E-state index in [1.165, 1.54) is 16.7 Å². The maximum atomic E-state index is 5.81. The van der Waals surface area contributed by atoms with Gasteiger partial charge in [0.25, 0.3) is 0 Å². The fraction of sp³-hybridized carbons (Fsp3) is 0.538. The van der Waals surface area contributed by atoms with Crippen LogP contribution in [0.1, 0.15) is 37.5 Å². The van der Waals surface area contributed by atoms with Crippen molar-refractivity contribution in [2.24, 2.45) is 5.73 Å². The van der Waals surface area contributed by atoms with Gasteiger partial charge in [-0.1, -0.05) is 32.0 Å². The monoisotopic (exact) mass is 191 g/mol. The zero-order valence-corrected chi connectivity index (χ0v) is 9.51. The Labute approximate surface area is 87.3 Å². The van der Waals surface area contributed by atoms with Crippen LogP contribution in [0.15, 0.2) is 18.2 Å². The van der Waals surface area contributed by atoms with E-state index >= 15 is 0 Å². The van der Waals surface area contributed by atoms with Gasteiger partial charge in [-0.2, -0.15) is 0 Å². The van der Waals surface area contributed by atoms with Gasteiger partial charge in [-0.15, -0.1) is 0 Å². The highest BCUT2D eigenvalue weighted by Gasteiger charge is 2.01. The zero-order chi connectivity index (χ0) is 10.6. The molecule has 0 fully saturated rings. The summed E-state index contributed by atoms with van der Waals surface area (Å²) in [6.07, 6.45) is 3.21. The van der Waals surface area contributed by atoms with E-state index in [-0.39, 0.29) is 6.04 Å². The molecule has 0 unspecified atom stereocenters. The highest BCUT2D eigenvalue weighted by molar-refractivity contribution is 5.30. The van der Waals surface area contributed by atoms with E-state index in [1.807, 2.05) is 0 Å². The lowest BCUT2D eigenvalue weighted by molar-refractivity contribution is 0.736. The molecule has 0 bridgehead atoms. The molecule has 1 rings (SSSR count). The van der Waals surface area contributed by atoms with Gasteiger partial charge in [0.1, 0.15) is 0 Å². The van der Waals surface area contributed by atoms with E-state index in [9.17, 15) is 0 Å². The van der Waals surface area contributed by atoms with Crippen molar-refractivity contribution in [1.29, 1.82) is 0 Å². The van der Waals surface area contributed by atoms with Crippen LogP contribution in [0.3, 0.4) is 0 Å². The van der Waals surface area contributed by atoms with Crippen LogP contribution in [0.5, 0.6) is 0 Å². The number of rotatable bonds is 4. The summed E-state index contributed by atoms with van der Waals surface area (Å²) >= 11 is 0. The van der Waals surface area contributed by atoms with Gasteiger partial charge in [0.2, 0.25) is 0 Å². The van der Waals surface area contributed by atoms with Gasteiger partial charge in [0.05, 0.1) is 0 Å². The Hall–Kier alpha value is -0.820. The van der Waals surface area contributed by atoms with Gasteiger partial charge in [-0.25, -0.2) is 0 Å². The molecule has 0 heterocycles. The van der Waals surface area contributed by atoms with E-state index in [0.29, 0.717) is 0 Å². The third-order valence-electron chi connectivity index (χ3n) is 2.49. The molecular weight excluding hydrogens is 170 g/mol. The Balaban J connectivity index is 2.92. The average molecular weight is 191 g/mol. The van der Waals surface area contributed by atoms with E-state index in [2.05, 4.69) is 39.0 Å². The van der Waals surface area contributed by atoms with Gasteiger partial charge in [-0.05, 0) is 42.9 Å². The average Bonchev–Trinajstić information content (AvgIpc) is 2.16. The third-order valence-corrected chi connectivity index (χ3v) is 2.49. The van der Waals surface area contributed by atoms with Crippen LogP contribution in [-0.2, 0) is 19.3 Å². The first-order valence-corrected chi connectivity index (χ1v) is 5.53. The lowest BCUT2D eigenvalue weighted by Crippen LogP contribution is -2.17. The van der Waals surface area contributed by atoms with Gasteiger partial charge < -0.3 is 5.73 Å². The van der Waals surface area contributed by atoms with Crippen LogP contribution in [0.2, 0.25) is 0 Å². The molecule has 0 amide bonds. The lowest BCUT2D eigenvalue weighted by Gasteiger charge is -2.09. The van der Waals surface area contributed by atoms with Crippen LogP contribution in [-0.4, -0.2) is 6.04 Å². The SMILES string of the molecule is CCc1cc(CC)cc(C[C@@H](C)N)c1. The first-order valence-electron chi connectivity index (χ1n) is 5.53. The molecule has 0 aliphatic rings. The summed E-state index contributed by atoms with van der Waals surface area (Å²) in [7, 11) is 0. The van der Waals surface area contributed by atoms with Crippen molar-refractivity contribution in [2.75, 3.05) is 0 Å². The lowest BCUT2D eigenvalue weighted by atomic mass is 9.99. The Morgan fingerprint density at radius 3 is 1.79 bits per heavy atom. The molecule has 1 aromatic carbocycles. The second kappa shape index (κ2) is 5.16. The van der Waals surface area contributed by atoms with Crippen LogP contribution < -0.4 is 5.73 Å². The molecule has 1 nitrogen and oxygen atoms in total. The van der Waals surface area contributed by atoms with Crippen molar-refractivity contribution in [1.82, 2.24) is 0 Å². The fourth-order valence-electron chi connectivity index (χ4n) is 1.74. The fourth-order valence-corrected chi connectivity index (χ4v) is 1.74. The molecule has 78 valence electrons. The third kappa shape index (κ3) is 3.15. The number of nitrogens with two attached hydrogens (primary N) is 1. The molecule has 14 heavy (non-hydrogen) atoms. The van der Waals surface area contributed by atoms with Gasteiger partial charge in [0.15, 0.2) is 0 Å². The maximum absolute atomic E-state index is 5.81. The van der Waals surface area contributed by atoms with Crippen molar-refractivity contribution in [3.05, 3.63) is 34.9 Å². The van der Waals surface area contributed by atoms with Crippen molar-refractivity contribution in [3.63, 3.8) is 0 Å². The predicted octanol–water partition coefficient (Wildman–Crippen LogP) is 2.70. The zero-order valence-electron chi connectivity index (χ0n) is 9.51. The molecule has 0 aliphatic heterocycles. The molecule has 1 aromatic rings. The summed E-state index contributed by atoms with van der Waals surface area (Å²) in [4.78, 5) is 0. The van der Waals surface area contributed by atoms with Gasteiger partial charge >= 0.3 is 0 Å². The number of hydrogen-bond acceptors (Lipinski definition) is 1. The highest BCUT2D eigenvalue weighted by atomic mass is 14.6. The quantitative estimate of drug-likeness (QED) is 0.778. The highest BCUT2D eigenvalue weighted by Crippen LogP contribution is 2.13. The molecular formula is C13H21N. The Kier molecular flexibility index (Phi) is 4.15.